The molecule has 3 heteroatoms. The van der Waals surface area contributed by atoms with E-state index in [1.807, 2.05) is 0 Å². The molecular formula is C13H22N2O. The second kappa shape index (κ2) is 7.34. The lowest BCUT2D eigenvalue weighted by atomic mass is 9.93. The van der Waals surface area contributed by atoms with Crippen molar-refractivity contribution < 1.29 is 5.11 Å². The number of unbranched alkanes of at least 4 members (excludes halogenated alkanes) is 1. The van der Waals surface area contributed by atoms with E-state index in [9.17, 15) is 5.11 Å². The third kappa shape index (κ3) is 4.27. The maximum Gasteiger partial charge on any atom is 0.156 e. The van der Waals surface area contributed by atoms with Gasteiger partial charge in [-0.2, -0.15) is 0 Å². The summed E-state index contributed by atoms with van der Waals surface area (Å²) in [5, 5.41) is 10.00. The fourth-order valence-corrected chi connectivity index (χ4v) is 1.89. The summed E-state index contributed by atoms with van der Waals surface area (Å²) in [6.45, 7) is 4.38. The molecule has 2 unspecified atom stereocenters. The van der Waals surface area contributed by atoms with Gasteiger partial charge in [0.05, 0.1) is 0 Å². The molecule has 16 heavy (non-hydrogen) atoms. The maximum atomic E-state index is 10.00. The topological polar surface area (TPSA) is 46.0 Å². The molecule has 0 saturated carbocycles. The molecule has 0 spiro atoms. The van der Waals surface area contributed by atoms with E-state index in [4.69, 9.17) is 0 Å². The SMILES string of the molecule is CCCCC(CC)CC(O)c1ncccn1. The lowest BCUT2D eigenvalue weighted by molar-refractivity contribution is 0.130. The van der Waals surface area contributed by atoms with Gasteiger partial charge >= 0.3 is 0 Å². The highest BCUT2D eigenvalue weighted by atomic mass is 16.3. The molecule has 90 valence electrons. The Balaban J connectivity index is 2.45. The van der Waals surface area contributed by atoms with Crippen molar-refractivity contribution in [3.8, 4) is 0 Å². The first kappa shape index (κ1) is 13.1. The van der Waals surface area contributed by atoms with Crippen LogP contribution in [-0.4, -0.2) is 15.1 Å². The van der Waals surface area contributed by atoms with Gasteiger partial charge in [0.15, 0.2) is 5.82 Å². The van der Waals surface area contributed by atoms with Crippen molar-refractivity contribution in [1.82, 2.24) is 9.97 Å². The Kier molecular flexibility index (Phi) is 6.01. The third-order valence-corrected chi connectivity index (χ3v) is 2.98. The lowest BCUT2D eigenvalue weighted by Crippen LogP contribution is -2.09. The largest absolute Gasteiger partial charge is 0.385 e. The number of nitrogens with zero attached hydrogens (tertiary/aromatic N) is 2. The van der Waals surface area contributed by atoms with E-state index in [2.05, 4.69) is 23.8 Å². The first-order chi connectivity index (χ1) is 7.77. The molecule has 1 aromatic rings. The van der Waals surface area contributed by atoms with Gasteiger partial charge in [0, 0.05) is 12.4 Å². The molecule has 1 heterocycles. The third-order valence-electron chi connectivity index (χ3n) is 2.98. The van der Waals surface area contributed by atoms with Crippen molar-refractivity contribution in [3.05, 3.63) is 24.3 Å². The molecular weight excluding hydrogens is 200 g/mol. The standard InChI is InChI=1S/C13H22N2O/c1-3-5-7-11(4-2)10-12(16)13-14-8-6-9-15-13/h6,8-9,11-12,16H,3-5,7,10H2,1-2H3. The lowest BCUT2D eigenvalue weighted by Gasteiger charge is -2.17. The van der Waals surface area contributed by atoms with Crippen LogP contribution < -0.4 is 0 Å². The zero-order chi connectivity index (χ0) is 11.8. The zero-order valence-electron chi connectivity index (χ0n) is 10.3. The molecule has 0 aromatic carbocycles. The van der Waals surface area contributed by atoms with Crippen molar-refractivity contribution in [2.75, 3.05) is 0 Å². The average Bonchev–Trinajstić information content (AvgIpc) is 2.35. The van der Waals surface area contributed by atoms with Crippen LogP contribution in [0, 0.1) is 5.92 Å². The Morgan fingerprint density at radius 3 is 2.50 bits per heavy atom. The molecule has 1 aromatic heterocycles. The summed E-state index contributed by atoms with van der Waals surface area (Å²) in [6.07, 6.45) is 8.39. The Bertz CT molecular complexity index is 277. The molecule has 0 radical (unpaired) electrons. The van der Waals surface area contributed by atoms with Gasteiger partial charge in [-0.25, -0.2) is 9.97 Å². The number of hydrogen-bond acceptors (Lipinski definition) is 3. The summed E-state index contributed by atoms with van der Waals surface area (Å²) < 4.78 is 0. The van der Waals surface area contributed by atoms with Gasteiger partial charge < -0.3 is 5.11 Å². The number of aliphatic hydroxyl groups is 1. The second-order valence-electron chi connectivity index (χ2n) is 4.27. The van der Waals surface area contributed by atoms with Gasteiger partial charge in [-0.15, -0.1) is 0 Å². The van der Waals surface area contributed by atoms with Crippen molar-refractivity contribution >= 4 is 0 Å². The predicted octanol–water partition coefficient (Wildman–Crippen LogP) is 3.12. The van der Waals surface area contributed by atoms with E-state index in [0.717, 1.165) is 12.8 Å². The Morgan fingerprint density at radius 1 is 1.25 bits per heavy atom. The highest BCUT2D eigenvalue weighted by Crippen LogP contribution is 2.24. The van der Waals surface area contributed by atoms with Gasteiger partial charge in [0.1, 0.15) is 6.10 Å². The van der Waals surface area contributed by atoms with Crippen LogP contribution in [0.25, 0.3) is 0 Å². The first-order valence-corrected chi connectivity index (χ1v) is 6.22. The van der Waals surface area contributed by atoms with E-state index in [1.54, 1.807) is 18.5 Å². The van der Waals surface area contributed by atoms with E-state index >= 15 is 0 Å². The molecule has 0 aliphatic rings. The molecule has 2 atom stereocenters. The van der Waals surface area contributed by atoms with E-state index in [-0.39, 0.29) is 0 Å². The molecule has 3 nitrogen and oxygen atoms in total. The van der Waals surface area contributed by atoms with Gasteiger partial charge in [0.25, 0.3) is 0 Å². The fourth-order valence-electron chi connectivity index (χ4n) is 1.89. The second-order valence-corrected chi connectivity index (χ2v) is 4.27. The summed E-state index contributed by atoms with van der Waals surface area (Å²) in [5.41, 5.74) is 0. The van der Waals surface area contributed by atoms with E-state index in [0.29, 0.717) is 11.7 Å². The zero-order valence-corrected chi connectivity index (χ0v) is 10.3. The van der Waals surface area contributed by atoms with Crippen LogP contribution in [0.15, 0.2) is 18.5 Å². The van der Waals surface area contributed by atoms with Crippen LogP contribution in [-0.2, 0) is 0 Å². The molecule has 1 rings (SSSR count). The summed E-state index contributed by atoms with van der Waals surface area (Å²) in [6, 6.07) is 1.77. The quantitative estimate of drug-likeness (QED) is 0.771. The minimum atomic E-state index is -0.511. The molecule has 0 aliphatic heterocycles. The van der Waals surface area contributed by atoms with Crippen LogP contribution in [0.3, 0.4) is 0 Å². The maximum absolute atomic E-state index is 10.00. The van der Waals surface area contributed by atoms with Gasteiger partial charge in [0.2, 0.25) is 0 Å². The number of aromatic nitrogens is 2. The number of aliphatic hydroxyl groups excluding tert-OH is 1. The van der Waals surface area contributed by atoms with Crippen LogP contribution in [0.2, 0.25) is 0 Å². The van der Waals surface area contributed by atoms with Crippen molar-refractivity contribution in [2.24, 2.45) is 5.92 Å². The minimum Gasteiger partial charge on any atom is -0.385 e. The Labute approximate surface area is 97.9 Å². The van der Waals surface area contributed by atoms with Gasteiger partial charge in [-0.05, 0) is 18.4 Å². The van der Waals surface area contributed by atoms with Crippen LogP contribution in [0.5, 0.6) is 0 Å². The van der Waals surface area contributed by atoms with Crippen LogP contribution >= 0.6 is 0 Å². The van der Waals surface area contributed by atoms with Crippen LogP contribution in [0.4, 0.5) is 0 Å². The van der Waals surface area contributed by atoms with Gasteiger partial charge in [-0.1, -0.05) is 39.5 Å². The highest BCUT2D eigenvalue weighted by Gasteiger charge is 2.16. The first-order valence-electron chi connectivity index (χ1n) is 6.22. The molecule has 0 amide bonds. The van der Waals surface area contributed by atoms with Crippen molar-refractivity contribution in [3.63, 3.8) is 0 Å². The smallest absolute Gasteiger partial charge is 0.156 e. The normalized spacial score (nSPS) is 14.7. The summed E-state index contributed by atoms with van der Waals surface area (Å²) >= 11 is 0. The summed E-state index contributed by atoms with van der Waals surface area (Å²) in [4.78, 5) is 8.17. The number of rotatable bonds is 7. The molecule has 1 N–H and O–H groups in total. The highest BCUT2D eigenvalue weighted by molar-refractivity contribution is 4.92. The number of hydrogen-bond donors (Lipinski definition) is 1. The van der Waals surface area contributed by atoms with Crippen molar-refractivity contribution in [1.29, 1.82) is 0 Å². The summed E-state index contributed by atoms with van der Waals surface area (Å²) in [5.74, 6) is 1.14. The molecule has 0 saturated heterocycles. The average molecular weight is 222 g/mol. The predicted molar refractivity (Wildman–Crippen MR) is 64.9 cm³/mol. The molecule has 0 bridgehead atoms. The van der Waals surface area contributed by atoms with E-state index < -0.39 is 6.10 Å². The molecule has 0 fully saturated rings. The minimum absolute atomic E-state index is 0.511. The van der Waals surface area contributed by atoms with E-state index in [1.165, 1.54) is 19.3 Å². The fraction of sp³-hybridized carbons (Fsp3) is 0.692. The molecule has 0 aliphatic carbocycles. The Hall–Kier alpha value is -0.960. The summed E-state index contributed by atoms with van der Waals surface area (Å²) in [7, 11) is 0. The van der Waals surface area contributed by atoms with Gasteiger partial charge in [-0.3, -0.25) is 0 Å². The monoisotopic (exact) mass is 222 g/mol. The van der Waals surface area contributed by atoms with Crippen LogP contribution in [0.1, 0.15) is 57.9 Å². The van der Waals surface area contributed by atoms with Crippen molar-refractivity contribution in [2.45, 2.75) is 52.1 Å². The Morgan fingerprint density at radius 2 is 1.94 bits per heavy atom.